The van der Waals surface area contributed by atoms with Crippen LogP contribution in [-0.4, -0.2) is 63.7 Å². The average Bonchev–Trinajstić information content (AvgIpc) is 2.83. The van der Waals surface area contributed by atoms with Crippen molar-refractivity contribution in [2.45, 2.75) is 18.4 Å². The summed E-state index contributed by atoms with van der Waals surface area (Å²) >= 11 is 0. The molecule has 1 aliphatic rings. The van der Waals surface area contributed by atoms with E-state index in [1.54, 1.807) is 25.3 Å². The molecule has 7 nitrogen and oxygen atoms in total. The zero-order valence-electron chi connectivity index (χ0n) is 19.8. The number of carbonyl (C=O) groups excluding carboxylic acids is 1. The number of aryl methyl sites for hydroxylation is 1. The van der Waals surface area contributed by atoms with Gasteiger partial charge in [-0.3, -0.25) is 9.78 Å². The van der Waals surface area contributed by atoms with Crippen molar-refractivity contribution in [2.24, 2.45) is 0 Å². The van der Waals surface area contributed by atoms with Gasteiger partial charge >= 0.3 is 0 Å². The first-order valence-corrected chi connectivity index (χ1v) is 13.2. The third-order valence-electron chi connectivity index (χ3n) is 6.14. The smallest absolute Gasteiger partial charge is 0.251 e. The summed E-state index contributed by atoms with van der Waals surface area (Å²) in [6, 6.07) is 17.1. The van der Waals surface area contributed by atoms with Crippen molar-refractivity contribution in [3.63, 3.8) is 0 Å². The van der Waals surface area contributed by atoms with E-state index in [0.29, 0.717) is 11.1 Å². The number of carbonyl (C=O) groups is 1. The van der Waals surface area contributed by atoms with Crippen molar-refractivity contribution in [1.29, 1.82) is 0 Å². The van der Waals surface area contributed by atoms with E-state index in [0.717, 1.165) is 49.3 Å². The Balaban J connectivity index is 1.47. The molecule has 0 radical (unpaired) electrons. The fourth-order valence-corrected chi connectivity index (χ4v) is 5.11. The summed E-state index contributed by atoms with van der Waals surface area (Å²) < 4.78 is 23.9. The van der Waals surface area contributed by atoms with Crippen LogP contribution in [0.5, 0.6) is 0 Å². The van der Waals surface area contributed by atoms with Gasteiger partial charge in [-0.1, -0.05) is 18.2 Å². The van der Waals surface area contributed by atoms with Gasteiger partial charge in [0.25, 0.3) is 5.91 Å². The third-order valence-corrected chi connectivity index (χ3v) is 7.38. The second kappa shape index (κ2) is 9.95. The highest BCUT2D eigenvalue weighted by Gasteiger charge is 2.16. The van der Waals surface area contributed by atoms with E-state index < -0.39 is 9.84 Å². The molecule has 1 aliphatic heterocycles. The summed E-state index contributed by atoms with van der Waals surface area (Å²) in [7, 11) is -1.26. The topological polar surface area (TPSA) is 82.6 Å². The van der Waals surface area contributed by atoms with Crippen LogP contribution in [0.25, 0.3) is 11.1 Å². The molecular formula is C26H30N4O3S. The van der Waals surface area contributed by atoms with Gasteiger partial charge < -0.3 is 15.1 Å². The van der Waals surface area contributed by atoms with Crippen molar-refractivity contribution in [2.75, 3.05) is 44.4 Å². The number of hydrogen-bond donors (Lipinski definition) is 1. The molecule has 0 spiro atoms. The number of aromatic nitrogens is 1. The number of sulfone groups is 1. The molecule has 3 aromatic rings. The SMILES string of the molecule is Cc1ccc(C(=O)NCc2cc(-c3cccc(N4CCN(C)CC4)c3)ccn2)cc1S(C)(=O)=O. The average molecular weight is 479 g/mol. The van der Waals surface area contributed by atoms with Crippen LogP contribution in [-0.2, 0) is 16.4 Å². The second-order valence-corrected chi connectivity index (χ2v) is 10.8. The van der Waals surface area contributed by atoms with Gasteiger partial charge in [0.2, 0.25) is 0 Å². The fourth-order valence-electron chi connectivity index (χ4n) is 4.11. The molecule has 34 heavy (non-hydrogen) atoms. The molecule has 0 atom stereocenters. The lowest BCUT2D eigenvalue weighted by atomic mass is 10.0. The van der Waals surface area contributed by atoms with Gasteiger partial charge in [-0.15, -0.1) is 0 Å². The summed E-state index contributed by atoms with van der Waals surface area (Å²) in [4.78, 5) is 22.0. The molecule has 8 heteroatoms. The quantitative estimate of drug-likeness (QED) is 0.586. The minimum absolute atomic E-state index is 0.167. The van der Waals surface area contributed by atoms with Crippen LogP contribution in [0.1, 0.15) is 21.6 Å². The van der Waals surface area contributed by atoms with E-state index in [2.05, 4.69) is 51.4 Å². The number of hydrogen-bond acceptors (Lipinski definition) is 6. The predicted octanol–water partition coefficient (Wildman–Crippen LogP) is 3.14. The van der Waals surface area contributed by atoms with Crippen LogP contribution in [0, 0.1) is 6.92 Å². The maximum atomic E-state index is 12.7. The lowest BCUT2D eigenvalue weighted by molar-refractivity contribution is 0.0950. The molecule has 2 heterocycles. The third kappa shape index (κ3) is 5.63. The number of amides is 1. The lowest BCUT2D eigenvalue weighted by Gasteiger charge is -2.34. The standard InChI is InChI=1S/C26H30N4O3S/c1-19-7-8-22(17-25(19)34(3,32)33)26(31)28-18-23-15-21(9-10-27-23)20-5-4-6-24(16-20)30-13-11-29(2)12-14-30/h4-10,15-17H,11-14,18H2,1-3H3,(H,28,31). The van der Waals surface area contributed by atoms with Crippen LogP contribution >= 0.6 is 0 Å². The highest BCUT2D eigenvalue weighted by Crippen LogP contribution is 2.26. The lowest BCUT2D eigenvalue weighted by Crippen LogP contribution is -2.44. The Morgan fingerprint density at radius 2 is 1.74 bits per heavy atom. The van der Waals surface area contributed by atoms with Crippen molar-refractivity contribution in [1.82, 2.24) is 15.2 Å². The maximum Gasteiger partial charge on any atom is 0.251 e. The van der Waals surface area contributed by atoms with Crippen molar-refractivity contribution >= 4 is 21.4 Å². The largest absolute Gasteiger partial charge is 0.369 e. The second-order valence-electron chi connectivity index (χ2n) is 8.81. The molecule has 178 valence electrons. The Morgan fingerprint density at radius 1 is 1.00 bits per heavy atom. The normalized spacial score (nSPS) is 14.7. The van der Waals surface area contributed by atoms with E-state index in [-0.39, 0.29) is 17.3 Å². The first kappa shape index (κ1) is 23.9. The number of benzene rings is 2. The molecule has 1 N–H and O–H groups in total. The van der Waals surface area contributed by atoms with Crippen LogP contribution in [0.2, 0.25) is 0 Å². The number of pyridine rings is 1. The Bertz CT molecular complexity index is 1300. The summed E-state index contributed by atoms with van der Waals surface area (Å²) in [5.74, 6) is -0.339. The van der Waals surface area contributed by atoms with Gasteiger partial charge in [0.05, 0.1) is 17.1 Å². The molecule has 0 saturated carbocycles. The fraction of sp³-hybridized carbons (Fsp3) is 0.308. The Hall–Kier alpha value is -3.23. The summed E-state index contributed by atoms with van der Waals surface area (Å²) in [5.41, 5.74) is 4.99. The van der Waals surface area contributed by atoms with Gasteiger partial charge in [0.1, 0.15) is 0 Å². The number of likely N-dealkylation sites (N-methyl/N-ethyl adjacent to an activating group) is 1. The zero-order chi connectivity index (χ0) is 24.3. The molecule has 0 bridgehead atoms. The highest BCUT2D eigenvalue weighted by atomic mass is 32.2. The molecule has 1 fully saturated rings. The summed E-state index contributed by atoms with van der Waals surface area (Å²) in [6.45, 7) is 6.08. The van der Waals surface area contributed by atoms with Crippen LogP contribution < -0.4 is 10.2 Å². The summed E-state index contributed by atoms with van der Waals surface area (Å²) in [6.07, 6.45) is 2.89. The minimum Gasteiger partial charge on any atom is -0.369 e. The zero-order valence-corrected chi connectivity index (χ0v) is 20.6. The van der Waals surface area contributed by atoms with Crippen LogP contribution in [0.4, 0.5) is 5.69 Å². The van der Waals surface area contributed by atoms with Crippen LogP contribution in [0.3, 0.4) is 0 Å². The Labute approximate surface area is 201 Å². The van der Waals surface area contributed by atoms with Crippen molar-refractivity contribution in [3.05, 3.63) is 77.6 Å². The first-order valence-electron chi connectivity index (χ1n) is 11.3. The molecule has 4 rings (SSSR count). The number of anilines is 1. The molecule has 0 aliphatic carbocycles. The number of nitrogens with zero attached hydrogens (tertiary/aromatic N) is 3. The van der Waals surface area contributed by atoms with E-state index >= 15 is 0 Å². The predicted molar refractivity (Wildman–Crippen MR) is 135 cm³/mol. The Morgan fingerprint density at radius 3 is 2.47 bits per heavy atom. The molecule has 0 unspecified atom stereocenters. The minimum atomic E-state index is -3.41. The van der Waals surface area contributed by atoms with Gasteiger partial charge in [-0.2, -0.15) is 0 Å². The van der Waals surface area contributed by atoms with Gasteiger partial charge in [-0.05, 0) is 67.1 Å². The molecule has 1 aromatic heterocycles. The van der Waals surface area contributed by atoms with E-state index in [1.165, 1.54) is 11.8 Å². The molecule has 2 aromatic carbocycles. The van der Waals surface area contributed by atoms with Crippen molar-refractivity contribution < 1.29 is 13.2 Å². The highest BCUT2D eigenvalue weighted by molar-refractivity contribution is 7.90. The number of rotatable bonds is 6. The maximum absolute atomic E-state index is 12.7. The van der Waals surface area contributed by atoms with E-state index in [1.807, 2.05) is 12.1 Å². The first-order chi connectivity index (χ1) is 16.2. The van der Waals surface area contributed by atoms with Crippen LogP contribution in [0.15, 0.2) is 65.7 Å². The molecule has 1 saturated heterocycles. The van der Waals surface area contributed by atoms with Gasteiger partial charge in [-0.25, -0.2) is 8.42 Å². The number of nitrogens with one attached hydrogen (secondary N) is 1. The van der Waals surface area contributed by atoms with Gasteiger partial charge in [0.15, 0.2) is 9.84 Å². The van der Waals surface area contributed by atoms with E-state index in [9.17, 15) is 13.2 Å². The molecular weight excluding hydrogens is 448 g/mol. The summed E-state index contributed by atoms with van der Waals surface area (Å²) in [5, 5.41) is 2.85. The van der Waals surface area contributed by atoms with Crippen molar-refractivity contribution in [3.8, 4) is 11.1 Å². The monoisotopic (exact) mass is 478 g/mol. The van der Waals surface area contributed by atoms with Gasteiger partial charge in [0, 0.05) is 49.9 Å². The Kier molecular flexibility index (Phi) is 7.00. The number of piperazine rings is 1. The molecule has 1 amide bonds. The van der Waals surface area contributed by atoms with E-state index in [4.69, 9.17) is 0 Å².